The standard InChI is InChI=1S/C22H17F3N4O2S/c1-31-19-9-5-2-6-14(19)17-12-18-21(26-10-11-29(18)28-17)32-13-20(30)27-16-8-4-3-7-15(16)22(23,24)25/h2-12H,13H2,1H3,(H,27,30). The Morgan fingerprint density at radius 3 is 2.69 bits per heavy atom. The van der Waals surface area contributed by atoms with Crippen molar-refractivity contribution in [2.75, 3.05) is 18.2 Å². The highest BCUT2D eigenvalue weighted by molar-refractivity contribution is 8.00. The first-order valence-corrected chi connectivity index (χ1v) is 10.4. The van der Waals surface area contributed by atoms with Crippen LogP contribution in [0.25, 0.3) is 16.8 Å². The molecule has 0 spiro atoms. The Balaban J connectivity index is 1.53. The van der Waals surface area contributed by atoms with Crippen LogP contribution in [-0.4, -0.2) is 33.4 Å². The molecule has 0 saturated carbocycles. The summed E-state index contributed by atoms with van der Waals surface area (Å²) in [5.41, 5.74) is 0.967. The van der Waals surface area contributed by atoms with Crippen LogP contribution in [0.2, 0.25) is 0 Å². The molecule has 6 nitrogen and oxygen atoms in total. The molecule has 0 radical (unpaired) electrons. The first-order valence-electron chi connectivity index (χ1n) is 9.43. The number of para-hydroxylation sites is 2. The fraction of sp³-hybridized carbons (Fsp3) is 0.136. The maximum Gasteiger partial charge on any atom is 0.418 e. The number of carbonyl (C=O) groups is 1. The summed E-state index contributed by atoms with van der Waals surface area (Å²) < 4.78 is 46.4. The highest BCUT2D eigenvalue weighted by atomic mass is 32.2. The van der Waals surface area contributed by atoms with Crippen LogP contribution in [-0.2, 0) is 11.0 Å². The minimum Gasteiger partial charge on any atom is -0.496 e. The van der Waals surface area contributed by atoms with E-state index >= 15 is 0 Å². The van der Waals surface area contributed by atoms with Crippen molar-refractivity contribution in [2.45, 2.75) is 11.2 Å². The molecule has 0 fully saturated rings. The third-order valence-corrected chi connectivity index (χ3v) is 5.58. The largest absolute Gasteiger partial charge is 0.496 e. The van der Waals surface area contributed by atoms with Gasteiger partial charge in [0.05, 0.1) is 35.3 Å². The van der Waals surface area contributed by atoms with E-state index in [4.69, 9.17) is 4.74 Å². The Morgan fingerprint density at radius 2 is 1.91 bits per heavy atom. The Hall–Kier alpha value is -3.53. The summed E-state index contributed by atoms with van der Waals surface area (Å²) in [4.78, 5) is 16.6. The topological polar surface area (TPSA) is 68.5 Å². The van der Waals surface area contributed by atoms with Crippen molar-refractivity contribution >= 4 is 28.9 Å². The molecule has 2 aromatic heterocycles. The predicted octanol–water partition coefficient (Wildman–Crippen LogP) is 5.15. The second-order valence-electron chi connectivity index (χ2n) is 6.67. The van der Waals surface area contributed by atoms with Gasteiger partial charge in [-0.3, -0.25) is 4.79 Å². The minimum absolute atomic E-state index is 0.117. The molecule has 0 aliphatic rings. The van der Waals surface area contributed by atoms with Crippen molar-refractivity contribution < 1.29 is 22.7 Å². The molecule has 0 atom stereocenters. The zero-order chi connectivity index (χ0) is 22.7. The summed E-state index contributed by atoms with van der Waals surface area (Å²) in [7, 11) is 1.58. The Bertz CT molecular complexity index is 1270. The van der Waals surface area contributed by atoms with Gasteiger partial charge in [0, 0.05) is 18.0 Å². The quantitative estimate of drug-likeness (QED) is 0.405. The lowest BCUT2D eigenvalue weighted by molar-refractivity contribution is -0.137. The Kier molecular flexibility index (Phi) is 6.04. The van der Waals surface area contributed by atoms with Gasteiger partial charge in [-0.05, 0) is 30.3 Å². The van der Waals surface area contributed by atoms with Crippen molar-refractivity contribution in [3.05, 3.63) is 72.6 Å². The average molecular weight is 458 g/mol. The second kappa shape index (κ2) is 8.91. The van der Waals surface area contributed by atoms with E-state index in [-0.39, 0.29) is 11.4 Å². The smallest absolute Gasteiger partial charge is 0.418 e. The van der Waals surface area contributed by atoms with Gasteiger partial charge in [0.2, 0.25) is 5.91 Å². The van der Waals surface area contributed by atoms with Gasteiger partial charge in [0.25, 0.3) is 0 Å². The first kappa shape index (κ1) is 21.7. The number of halogens is 3. The summed E-state index contributed by atoms with van der Waals surface area (Å²) in [6, 6.07) is 14.1. The number of methoxy groups -OCH3 is 1. The molecule has 32 heavy (non-hydrogen) atoms. The van der Waals surface area contributed by atoms with Crippen LogP contribution < -0.4 is 10.1 Å². The SMILES string of the molecule is COc1ccccc1-c1cc2c(SCC(=O)Nc3ccccc3C(F)(F)F)nccn2n1. The van der Waals surface area contributed by atoms with E-state index in [2.05, 4.69) is 15.4 Å². The molecule has 4 aromatic rings. The van der Waals surface area contributed by atoms with Crippen LogP contribution in [0.1, 0.15) is 5.56 Å². The molecule has 4 rings (SSSR count). The normalized spacial score (nSPS) is 11.5. The van der Waals surface area contributed by atoms with Gasteiger partial charge in [0.1, 0.15) is 10.8 Å². The lowest BCUT2D eigenvalue weighted by Crippen LogP contribution is -2.18. The number of fused-ring (bicyclic) bond motifs is 1. The van der Waals surface area contributed by atoms with Crippen LogP contribution in [0, 0.1) is 0 Å². The first-order chi connectivity index (χ1) is 15.4. The molecule has 0 aliphatic carbocycles. The van der Waals surface area contributed by atoms with E-state index in [1.165, 1.54) is 18.2 Å². The zero-order valence-electron chi connectivity index (χ0n) is 16.8. The number of benzene rings is 2. The number of nitrogens with zero attached hydrogens (tertiary/aromatic N) is 3. The van der Waals surface area contributed by atoms with Crippen molar-refractivity contribution in [1.82, 2.24) is 14.6 Å². The third-order valence-electron chi connectivity index (χ3n) is 4.58. The maximum absolute atomic E-state index is 13.1. The summed E-state index contributed by atoms with van der Waals surface area (Å²) in [5, 5.41) is 7.41. The number of hydrogen-bond acceptors (Lipinski definition) is 5. The number of rotatable bonds is 6. The molecule has 0 bridgehead atoms. The van der Waals surface area contributed by atoms with Gasteiger partial charge in [-0.15, -0.1) is 0 Å². The second-order valence-corrected chi connectivity index (χ2v) is 7.64. The van der Waals surface area contributed by atoms with Crippen LogP contribution in [0.5, 0.6) is 5.75 Å². The van der Waals surface area contributed by atoms with Crippen molar-refractivity contribution in [2.24, 2.45) is 0 Å². The molecule has 164 valence electrons. The highest BCUT2D eigenvalue weighted by Gasteiger charge is 2.33. The van der Waals surface area contributed by atoms with Crippen molar-refractivity contribution in [3.8, 4) is 17.0 Å². The summed E-state index contributed by atoms with van der Waals surface area (Å²) in [6.07, 6.45) is -1.33. The van der Waals surface area contributed by atoms with Gasteiger partial charge in [-0.1, -0.05) is 36.0 Å². The van der Waals surface area contributed by atoms with Gasteiger partial charge in [-0.25, -0.2) is 9.50 Å². The minimum atomic E-state index is -4.56. The number of aromatic nitrogens is 3. The summed E-state index contributed by atoms with van der Waals surface area (Å²) in [6.45, 7) is 0. The van der Waals surface area contributed by atoms with Gasteiger partial charge < -0.3 is 10.1 Å². The van der Waals surface area contributed by atoms with Crippen LogP contribution in [0.3, 0.4) is 0 Å². The van der Waals surface area contributed by atoms with Crippen LogP contribution in [0.4, 0.5) is 18.9 Å². The van der Waals surface area contributed by atoms with E-state index in [0.29, 0.717) is 22.0 Å². The van der Waals surface area contributed by atoms with Crippen LogP contribution >= 0.6 is 11.8 Å². The molecule has 2 aromatic carbocycles. The highest BCUT2D eigenvalue weighted by Crippen LogP contribution is 2.35. The average Bonchev–Trinajstić information content (AvgIpc) is 3.22. The molecular weight excluding hydrogens is 441 g/mol. The molecule has 1 N–H and O–H groups in total. The monoisotopic (exact) mass is 458 g/mol. The molecule has 0 aliphatic heterocycles. The Labute approximate surface area is 185 Å². The number of carbonyl (C=O) groups excluding carboxylic acids is 1. The molecule has 10 heteroatoms. The zero-order valence-corrected chi connectivity index (χ0v) is 17.6. The number of ether oxygens (including phenoxy) is 1. The molecular formula is C22H17F3N4O2S. The predicted molar refractivity (Wildman–Crippen MR) is 116 cm³/mol. The molecule has 2 heterocycles. The van der Waals surface area contributed by atoms with E-state index < -0.39 is 17.6 Å². The fourth-order valence-electron chi connectivity index (χ4n) is 3.16. The molecule has 0 saturated heterocycles. The number of amides is 1. The van der Waals surface area contributed by atoms with E-state index in [9.17, 15) is 18.0 Å². The summed E-state index contributed by atoms with van der Waals surface area (Å²) >= 11 is 1.11. The number of nitrogens with one attached hydrogen (secondary N) is 1. The van der Waals surface area contributed by atoms with Crippen LogP contribution in [0.15, 0.2) is 72.0 Å². The lowest BCUT2D eigenvalue weighted by Gasteiger charge is -2.13. The Morgan fingerprint density at radius 1 is 1.16 bits per heavy atom. The maximum atomic E-state index is 13.1. The van der Waals surface area contributed by atoms with E-state index in [0.717, 1.165) is 23.4 Å². The van der Waals surface area contributed by atoms with E-state index in [1.54, 1.807) is 24.0 Å². The van der Waals surface area contributed by atoms with Gasteiger partial charge >= 0.3 is 6.18 Å². The van der Waals surface area contributed by atoms with Gasteiger partial charge in [0.15, 0.2) is 0 Å². The van der Waals surface area contributed by atoms with Crippen molar-refractivity contribution in [1.29, 1.82) is 0 Å². The molecule has 1 amide bonds. The number of anilines is 1. The van der Waals surface area contributed by atoms with Crippen molar-refractivity contribution in [3.63, 3.8) is 0 Å². The number of alkyl halides is 3. The molecule has 0 unspecified atom stereocenters. The number of hydrogen-bond donors (Lipinski definition) is 1. The fourth-order valence-corrected chi connectivity index (χ4v) is 3.93. The lowest BCUT2D eigenvalue weighted by atomic mass is 10.1. The van der Waals surface area contributed by atoms with E-state index in [1.807, 2.05) is 30.3 Å². The third kappa shape index (κ3) is 4.54. The number of thioether (sulfide) groups is 1. The summed E-state index contributed by atoms with van der Waals surface area (Å²) in [5.74, 6) is -0.0191. The van der Waals surface area contributed by atoms with Gasteiger partial charge in [-0.2, -0.15) is 18.3 Å².